The molecule has 0 radical (unpaired) electrons. The molecule has 0 amide bonds. The van der Waals surface area contributed by atoms with E-state index in [2.05, 4.69) is 30.5 Å². The van der Waals surface area contributed by atoms with E-state index in [0.717, 1.165) is 22.5 Å². The van der Waals surface area contributed by atoms with Gasteiger partial charge in [0.05, 0.1) is 43.0 Å². The van der Waals surface area contributed by atoms with Crippen LogP contribution in [-0.4, -0.2) is 68.8 Å². The number of nitrogens with zero attached hydrogens (tertiary/aromatic N) is 6. The highest BCUT2D eigenvalue weighted by molar-refractivity contribution is 7.18. The predicted molar refractivity (Wildman–Crippen MR) is 171 cm³/mol. The molecule has 242 valence electrons. The Labute approximate surface area is 273 Å². The first-order chi connectivity index (χ1) is 21.7. The lowest BCUT2D eigenvalue weighted by Crippen LogP contribution is -2.38. The number of nitrogens with one attached hydrogen (secondary N) is 1. The summed E-state index contributed by atoms with van der Waals surface area (Å²) >= 11 is 1.01. The maximum absolute atomic E-state index is 13.0. The molecule has 6 rings (SSSR count). The molecule has 1 aliphatic carbocycles. The quantitative estimate of drug-likeness (QED) is 0.183. The van der Waals surface area contributed by atoms with Gasteiger partial charge in [-0.05, 0) is 36.6 Å². The van der Waals surface area contributed by atoms with Crippen LogP contribution in [0.15, 0.2) is 67.3 Å². The van der Waals surface area contributed by atoms with Gasteiger partial charge >= 0.3 is 6.18 Å². The molecule has 1 aromatic carbocycles. The minimum absolute atomic E-state index is 0. The lowest BCUT2D eigenvalue weighted by molar-refractivity contribution is -0.126. The zero-order valence-corrected chi connectivity index (χ0v) is 26.4. The summed E-state index contributed by atoms with van der Waals surface area (Å²) in [6.45, 7) is 0.587. The number of halogens is 4. The van der Waals surface area contributed by atoms with Crippen LogP contribution in [0.25, 0.3) is 21.5 Å². The summed E-state index contributed by atoms with van der Waals surface area (Å²) in [5.74, 6) is 1.72. The van der Waals surface area contributed by atoms with Crippen LogP contribution in [0.3, 0.4) is 0 Å². The number of pyridine rings is 1. The highest BCUT2D eigenvalue weighted by Gasteiger charge is 2.37. The van der Waals surface area contributed by atoms with Gasteiger partial charge in [-0.25, -0.2) is 9.97 Å². The molecule has 3 atom stereocenters. The molecule has 2 N–H and O–H groups in total. The summed E-state index contributed by atoms with van der Waals surface area (Å²) in [5.41, 5.74) is 2.54. The van der Waals surface area contributed by atoms with E-state index >= 15 is 0 Å². The van der Waals surface area contributed by atoms with Crippen molar-refractivity contribution in [1.29, 1.82) is 0 Å². The van der Waals surface area contributed by atoms with Crippen molar-refractivity contribution >= 4 is 39.8 Å². The smallest absolute Gasteiger partial charge is 0.393 e. The van der Waals surface area contributed by atoms with E-state index in [1.54, 1.807) is 37.7 Å². The number of ether oxygens (including phenoxy) is 2. The largest absolute Gasteiger partial charge is 0.491 e. The molecule has 5 aromatic rings. The molecule has 0 spiro atoms. The Hall–Kier alpha value is -4.11. The first-order valence-electron chi connectivity index (χ1n) is 14.2. The number of fused-ring (bicyclic) bond motifs is 1. The topological polar surface area (TPSA) is 118 Å². The van der Waals surface area contributed by atoms with Gasteiger partial charge in [-0.1, -0.05) is 24.3 Å². The van der Waals surface area contributed by atoms with Crippen LogP contribution < -0.4 is 19.7 Å². The van der Waals surface area contributed by atoms with E-state index in [1.807, 2.05) is 36.2 Å². The Morgan fingerprint density at radius 2 is 1.89 bits per heavy atom. The Bertz CT molecular complexity index is 1760. The monoisotopic (exact) mass is 673 g/mol. The molecule has 4 heterocycles. The van der Waals surface area contributed by atoms with E-state index < -0.39 is 18.7 Å². The van der Waals surface area contributed by atoms with Crippen molar-refractivity contribution in [3.63, 3.8) is 0 Å². The number of alkyl halides is 3. The van der Waals surface area contributed by atoms with Crippen LogP contribution in [0.1, 0.15) is 23.3 Å². The van der Waals surface area contributed by atoms with Gasteiger partial charge in [0.2, 0.25) is 0 Å². The Morgan fingerprint density at radius 3 is 2.61 bits per heavy atom. The third kappa shape index (κ3) is 7.64. The maximum atomic E-state index is 13.0. The fourth-order valence-electron chi connectivity index (χ4n) is 5.49. The molecule has 1 aliphatic rings. The number of likely N-dealkylation sites (N-methyl/N-ethyl adjacent to an activating group) is 1. The predicted octanol–water partition coefficient (Wildman–Crippen LogP) is 5.99. The van der Waals surface area contributed by atoms with Gasteiger partial charge in [-0.15, -0.1) is 33.9 Å². The van der Waals surface area contributed by atoms with Crippen molar-refractivity contribution in [3.8, 4) is 28.6 Å². The molecule has 46 heavy (non-hydrogen) atoms. The van der Waals surface area contributed by atoms with Crippen LogP contribution in [0.5, 0.6) is 17.4 Å². The van der Waals surface area contributed by atoms with Gasteiger partial charge in [0.25, 0.3) is 5.88 Å². The summed E-state index contributed by atoms with van der Waals surface area (Å²) in [6, 6.07) is 14.5. The number of aromatic nitrogens is 5. The third-order valence-corrected chi connectivity index (χ3v) is 8.75. The molecule has 0 bridgehead atoms. The van der Waals surface area contributed by atoms with Crippen LogP contribution in [-0.2, 0) is 13.0 Å². The summed E-state index contributed by atoms with van der Waals surface area (Å²) in [6.07, 6.45) is -0.181. The van der Waals surface area contributed by atoms with E-state index in [0.29, 0.717) is 52.6 Å². The van der Waals surface area contributed by atoms with E-state index in [9.17, 15) is 18.3 Å². The normalized spacial score (nSPS) is 17.9. The van der Waals surface area contributed by atoms with Crippen molar-refractivity contribution in [2.45, 2.75) is 50.2 Å². The van der Waals surface area contributed by atoms with Crippen molar-refractivity contribution in [2.75, 3.05) is 19.1 Å². The highest BCUT2D eigenvalue weighted by Crippen LogP contribution is 2.36. The molecule has 4 aromatic heterocycles. The summed E-state index contributed by atoms with van der Waals surface area (Å²) in [7, 11) is 3.35. The zero-order chi connectivity index (χ0) is 31.6. The first kappa shape index (κ1) is 33.3. The number of benzene rings is 1. The van der Waals surface area contributed by atoms with E-state index in [-0.39, 0.29) is 35.2 Å². The van der Waals surface area contributed by atoms with Crippen molar-refractivity contribution in [1.82, 2.24) is 30.5 Å². The molecule has 0 unspecified atom stereocenters. The van der Waals surface area contributed by atoms with Crippen LogP contribution in [0.2, 0.25) is 0 Å². The molecule has 1 saturated carbocycles. The summed E-state index contributed by atoms with van der Waals surface area (Å²) in [4.78, 5) is 15.1. The Morgan fingerprint density at radius 1 is 1.09 bits per heavy atom. The number of methoxy groups -OCH3 is 1. The number of aliphatic hydroxyl groups excluding tert-OH is 1. The summed E-state index contributed by atoms with van der Waals surface area (Å²) < 4.78 is 50.1. The number of thiophene rings is 1. The number of anilines is 1. The SMILES string of the molecule is COc1cc(-c2ccc(CN[C@H]3C[C@@H](O)[C@@H](N(C)c4ncnc5sc(CC(F)(F)F)cc45)C3)cc2)nnc1Oc1cccnc1.Cl. The third-order valence-electron chi connectivity index (χ3n) is 7.70. The molecule has 15 heteroatoms. The Balaban J connectivity index is 0.00000417. The van der Waals surface area contributed by atoms with Crippen LogP contribution in [0, 0.1) is 0 Å². The van der Waals surface area contributed by atoms with Crippen molar-refractivity contribution < 1.29 is 27.8 Å². The lowest BCUT2D eigenvalue weighted by atomic mass is 10.1. The maximum Gasteiger partial charge on any atom is 0.393 e. The number of hydrogen-bond donors (Lipinski definition) is 2. The average Bonchev–Trinajstić information content (AvgIpc) is 3.61. The standard InChI is InChI=1S/C31H30F3N7O3S.ClH/c1-41(28-23-12-22(14-31(32,33)34)45-30(23)38-17-37-28)25-10-20(11-26(25)42)36-15-18-5-7-19(8-6-18)24-13-27(43-2)29(40-39-24)44-21-4-3-9-35-16-21;/h3-9,12-13,16-17,20,25-26,36,42H,10-11,14-15H2,1-2H3;1H/t20-,25+,26-;/m1./s1. The molecule has 10 nitrogen and oxygen atoms in total. The molecule has 1 fully saturated rings. The average molecular weight is 674 g/mol. The first-order valence-corrected chi connectivity index (χ1v) is 15.0. The fourth-order valence-corrected chi connectivity index (χ4v) is 6.51. The van der Waals surface area contributed by atoms with Crippen LogP contribution in [0.4, 0.5) is 19.0 Å². The second-order valence-electron chi connectivity index (χ2n) is 10.8. The van der Waals surface area contributed by atoms with E-state index in [4.69, 9.17) is 9.47 Å². The second-order valence-corrected chi connectivity index (χ2v) is 11.9. The van der Waals surface area contributed by atoms with Gasteiger partial charge in [-0.3, -0.25) is 4.98 Å². The lowest BCUT2D eigenvalue weighted by Gasteiger charge is -2.28. The molecular weight excluding hydrogens is 643 g/mol. The second kappa shape index (κ2) is 14.1. The molecule has 0 aliphatic heterocycles. The fraction of sp³-hybridized carbons (Fsp3) is 0.323. The number of rotatable bonds is 10. The van der Waals surface area contributed by atoms with Gasteiger partial charge < -0.3 is 24.8 Å². The van der Waals surface area contributed by atoms with Crippen molar-refractivity contribution in [2.24, 2.45) is 0 Å². The van der Waals surface area contributed by atoms with Gasteiger partial charge in [-0.2, -0.15) is 13.2 Å². The minimum Gasteiger partial charge on any atom is -0.491 e. The zero-order valence-electron chi connectivity index (χ0n) is 24.8. The number of aliphatic hydroxyl groups is 1. The van der Waals surface area contributed by atoms with Crippen LogP contribution >= 0.6 is 23.7 Å². The molecular formula is C31H31ClF3N7O3S. The summed E-state index contributed by atoms with van der Waals surface area (Å²) in [5, 5.41) is 23.5. The van der Waals surface area contributed by atoms with Gasteiger partial charge in [0.15, 0.2) is 5.75 Å². The van der Waals surface area contributed by atoms with Crippen molar-refractivity contribution in [3.05, 3.63) is 77.7 Å². The van der Waals surface area contributed by atoms with Gasteiger partial charge in [0.1, 0.15) is 22.7 Å². The number of hydrogen-bond acceptors (Lipinski definition) is 11. The highest BCUT2D eigenvalue weighted by atomic mass is 35.5. The Kier molecular flexibility index (Phi) is 10.2. The van der Waals surface area contributed by atoms with E-state index in [1.165, 1.54) is 12.4 Å². The minimum atomic E-state index is -4.30. The molecule has 0 saturated heterocycles. The van der Waals surface area contributed by atoms with Gasteiger partial charge in [0, 0.05) is 42.3 Å².